The van der Waals surface area contributed by atoms with Crippen molar-refractivity contribution in [2.24, 2.45) is 5.11 Å². The van der Waals surface area contributed by atoms with Gasteiger partial charge in [-0.3, -0.25) is 0 Å². The molecule has 0 aliphatic heterocycles. The number of aliphatic hydroxyl groups is 2. The van der Waals surface area contributed by atoms with E-state index in [4.69, 9.17) is 11.3 Å². The molecular weight excluding hydrogens is 281 g/mol. The quantitative estimate of drug-likeness (QED) is 0.331. The maximum absolute atomic E-state index is 12.1. The summed E-state index contributed by atoms with van der Waals surface area (Å²) in [6.07, 6.45) is -8.01. The minimum atomic E-state index is -4.89. The van der Waals surface area contributed by atoms with Crippen LogP contribution in [0.3, 0.4) is 0 Å². The minimum absolute atomic E-state index is 0.0352. The van der Waals surface area contributed by atoms with Crippen molar-refractivity contribution < 1.29 is 28.1 Å². The molecule has 7 nitrogen and oxygen atoms in total. The Kier molecular flexibility index (Phi) is 5.03. The lowest BCUT2D eigenvalue weighted by Crippen LogP contribution is -2.22. The van der Waals surface area contributed by atoms with E-state index in [0.29, 0.717) is 0 Å². The third-order valence-corrected chi connectivity index (χ3v) is 2.31. The molecule has 0 spiro atoms. The van der Waals surface area contributed by atoms with E-state index in [9.17, 15) is 23.4 Å². The number of hydrogen-bond acceptors (Lipinski definition) is 5. The van der Waals surface area contributed by atoms with Gasteiger partial charge in [0.2, 0.25) is 0 Å². The van der Waals surface area contributed by atoms with Gasteiger partial charge in [0.15, 0.2) is 0 Å². The van der Waals surface area contributed by atoms with E-state index in [1.165, 1.54) is 0 Å². The van der Waals surface area contributed by atoms with Gasteiger partial charge in [-0.15, -0.1) is 13.2 Å². The number of rotatable bonds is 5. The third kappa shape index (κ3) is 4.50. The van der Waals surface area contributed by atoms with Gasteiger partial charge in [-0.25, -0.2) is 0 Å². The number of halogens is 3. The molecule has 0 bridgehead atoms. The van der Waals surface area contributed by atoms with E-state index in [1.807, 2.05) is 0 Å². The second-order valence-electron chi connectivity index (χ2n) is 3.76. The number of azide groups is 1. The fraction of sp³-hybridized carbons (Fsp3) is 0.400. The van der Waals surface area contributed by atoms with Crippen LogP contribution in [0.25, 0.3) is 10.4 Å². The van der Waals surface area contributed by atoms with Crippen LogP contribution in [0.2, 0.25) is 0 Å². The lowest BCUT2D eigenvalue weighted by molar-refractivity contribution is -0.274. The first-order valence-electron chi connectivity index (χ1n) is 5.26. The third-order valence-electron chi connectivity index (χ3n) is 2.31. The number of nitrogens with zero attached hydrogens (tertiary/aromatic N) is 3. The molecule has 20 heavy (non-hydrogen) atoms. The second kappa shape index (κ2) is 6.33. The molecule has 2 unspecified atom stereocenters. The van der Waals surface area contributed by atoms with Crippen molar-refractivity contribution >= 4 is 5.69 Å². The summed E-state index contributed by atoms with van der Waals surface area (Å²) >= 11 is 0. The lowest BCUT2D eigenvalue weighted by atomic mass is 10.0. The Morgan fingerprint density at radius 1 is 1.40 bits per heavy atom. The van der Waals surface area contributed by atoms with Crippen LogP contribution >= 0.6 is 0 Å². The molecular formula is C10H11F3N4O3. The highest BCUT2D eigenvalue weighted by atomic mass is 19.4. The Bertz CT molecular complexity index is 517. The maximum atomic E-state index is 12.1. The van der Waals surface area contributed by atoms with E-state index in [0.717, 1.165) is 18.2 Å². The number of hydrogen-bond donors (Lipinski definition) is 3. The Morgan fingerprint density at radius 3 is 2.60 bits per heavy atom. The van der Waals surface area contributed by atoms with Gasteiger partial charge in [-0.1, -0.05) is 5.11 Å². The predicted octanol–water partition coefficient (Wildman–Crippen LogP) is 1.87. The Hall–Kier alpha value is -2.16. The highest BCUT2D eigenvalue weighted by Crippen LogP contribution is 2.30. The van der Waals surface area contributed by atoms with Gasteiger partial charge in [-0.2, -0.15) is 0 Å². The van der Waals surface area contributed by atoms with E-state index >= 15 is 0 Å². The van der Waals surface area contributed by atoms with Crippen LogP contribution in [-0.2, 0) is 0 Å². The number of nitrogens with two attached hydrogens (primary N) is 1. The van der Waals surface area contributed by atoms with Crippen LogP contribution in [-0.4, -0.2) is 29.2 Å². The topological polar surface area (TPSA) is 124 Å². The molecule has 1 rings (SSSR count). The van der Waals surface area contributed by atoms with E-state index < -0.39 is 30.9 Å². The number of ether oxygens (including phenoxy) is 1. The summed E-state index contributed by atoms with van der Waals surface area (Å²) in [5.41, 5.74) is 13.4. The fourth-order valence-corrected chi connectivity index (χ4v) is 1.43. The van der Waals surface area contributed by atoms with Crippen LogP contribution in [0.4, 0.5) is 18.9 Å². The van der Waals surface area contributed by atoms with Crippen molar-refractivity contribution in [2.75, 3.05) is 12.3 Å². The number of aliphatic hydroxyl groups excluding tert-OH is 2. The highest BCUT2D eigenvalue weighted by Gasteiger charge is 2.31. The van der Waals surface area contributed by atoms with Crippen molar-refractivity contribution in [2.45, 2.75) is 18.6 Å². The molecule has 1 aromatic carbocycles. The van der Waals surface area contributed by atoms with Gasteiger partial charge in [0.25, 0.3) is 0 Å². The molecule has 4 N–H and O–H groups in total. The van der Waals surface area contributed by atoms with Crippen LogP contribution in [0, 0.1) is 0 Å². The fourth-order valence-electron chi connectivity index (χ4n) is 1.43. The van der Waals surface area contributed by atoms with Crippen molar-refractivity contribution in [3.8, 4) is 5.75 Å². The first-order chi connectivity index (χ1) is 9.24. The second-order valence-corrected chi connectivity index (χ2v) is 3.76. The molecule has 0 heterocycles. The molecule has 0 aliphatic rings. The summed E-state index contributed by atoms with van der Waals surface area (Å²) in [7, 11) is 0. The summed E-state index contributed by atoms with van der Waals surface area (Å²) in [4.78, 5) is 2.39. The SMILES string of the molecule is [N-]=[N+]=NCC(O)C(O)c1cc(OC(F)(F)F)ccc1N. The average molecular weight is 292 g/mol. The first kappa shape index (κ1) is 15.9. The zero-order valence-corrected chi connectivity index (χ0v) is 9.95. The van der Waals surface area contributed by atoms with E-state index in [1.54, 1.807) is 0 Å². The number of benzene rings is 1. The van der Waals surface area contributed by atoms with Gasteiger partial charge in [0, 0.05) is 16.2 Å². The van der Waals surface area contributed by atoms with E-state index in [2.05, 4.69) is 14.8 Å². The van der Waals surface area contributed by atoms with Crippen LogP contribution in [0.5, 0.6) is 5.75 Å². The molecule has 0 fully saturated rings. The van der Waals surface area contributed by atoms with Crippen molar-refractivity contribution in [3.05, 3.63) is 34.2 Å². The first-order valence-corrected chi connectivity index (χ1v) is 5.26. The number of alkyl halides is 3. The molecule has 0 saturated heterocycles. The van der Waals surface area contributed by atoms with Gasteiger partial charge in [-0.05, 0) is 23.7 Å². The van der Waals surface area contributed by atoms with Crippen molar-refractivity contribution in [3.63, 3.8) is 0 Å². The smallest absolute Gasteiger partial charge is 0.406 e. The Morgan fingerprint density at radius 2 is 2.05 bits per heavy atom. The van der Waals surface area contributed by atoms with Gasteiger partial charge < -0.3 is 20.7 Å². The van der Waals surface area contributed by atoms with Gasteiger partial charge >= 0.3 is 6.36 Å². The predicted molar refractivity (Wildman–Crippen MR) is 62.5 cm³/mol. The molecule has 0 amide bonds. The molecule has 1 aromatic rings. The van der Waals surface area contributed by atoms with E-state index in [-0.39, 0.29) is 11.3 Å². The van der Waals surface area contributed by atoms with Crippen LogP contribution in [0.15, 0.2) is 23.3 Å². The molecule has 110 valence electrons. The standard InChI is InChI=1S/C10H11F3N4O3/c11-10(12,13)20-5-1-2-7(14)6(3-5)9(19)8(18)4-16-17-15/h1-3,8-9,18-19H,4,14H2. The molecule has 10 heteroatoms. The monoisotopic (exact) mass is 292 g/mol. The minimum Gasteiger partial charge on any atom is -0.406 e. The summed E-state index contributed by atoms with van der Waals surface area (Å²) < 4.78 is 39.9. The number of anilines is 1. The average Bonchev–Trinajstić information content (AvgIpc) is 2.35. The zero-order valence-electron chi connectivity index (χ0n) is 9.95. The number of nitrogen functional groups attached to an aromatic ring is 1. The summed E-state index contributed by atoms with van der Waals surface area (Å²) in [6, 6.07) is 2.92. The highest BCUT2D eigenvalue weighted by molar-refractivity contribution is 5.52. The summed E-state index contributed by atoms with van der Waals surface area (Å²) in [6.45, 7) is -0.457. The maximum Gasteiger partial charge on any atom is 0.573 e. The molecule has 0 aliphatic carbocycles. The Labute approximate surface area is 111 Å². The lowest BCUT2D eigenvalue weighted by Gasteiger charge is -2.19. The van der Waals surface area contributed by atoms with Gasteiger partial charge in [0.1, 0.15) is 11.9 Å². The van der Waals surface area contributed by atoms with Crippen LogP contribution in [0.1, 0.15) is 11.7 Å². The van der Waals surface area contributed by atoms with Crippen molar-refractivity contribution in [1.29, 1.82) is 0 Å². The zero-order chi connectivity index (χ0) is 15.3. The molecule has 0 saturated carbocycles. The van der Waals surface area contributed by atoms with Crippen LogP contribution < -0.4 is 10.5 Å². The van der Waals surface area contributed by atoms with Crippen molar-refractivity contribution in [1.82, 2.24) is 0 Å². The summed E-state index contributed by atoms with van der Waals surface area (Å²) in [5.74, 6) is -0.586. The Balaban J connectivity index is 2.98. The normalized spacial score (nSPS) is 14.2. The molecule has 2 atom stereocenters. The molecule has 0 aromatic heterocycles. The largest absolute Gasteiger partial charge is 0.573 e. The summed E-state index contributed by atoms with van der Waals surface area (Å²) in [5, 5.41) is 22.3. The van der Waals surface area contributed by atoms with Gasteiger partial charge in [0.05, 0.1) is 12.6 Å². The molecule has 0 radical (unpaired) electrons.